The van der Waals surface area contributed by atoms with Crippen LogP contribution in [-0.2, 0) is 9.59 Å². The van der Waals surface area contributed by atoms with Crippen molar-refractivity contribution in [2.45, 2.75) is 13.8 Å². The lowest BCUT2D eigenvalue weighted by atomic mass is 10.1. The molecule has 2 aromatic rings. The molecule has 1 aliphatic rings. The molecule has 1 aromatic heterocycles. The van der Waals surface area contributed by atoms with Crippen LogP contribution in [0.25, 0.3) is 11.8 Å². The molecular formula is C19H18N4O2S. The molecule has 132 valence electrons. The van der Waals surface area contributed by atoms with E-state index in [1.54, 1.807) is 23.0 Å². The summed E-state index contributed by atoms with van der Waals surface area (Å²) in [7, 11) is 0. The first kappa shape index (κ1) is 17.8. The summed E-state index contributed by atoms with van der Waals surface area (Å²) in [4.78, 5) is 26.2. The molecule has 0 atom stereocenters. The number of amides is 2. The van der Waals surface area contributed by atoms with Gasteiger partial charge >= 0.3 is 0 Å². The smallest absolute Gasteiger partial charge is 0.265 e. The normalized spacial score (nSPS) is 16.2. The Labute approximate surface area is 156 Å². The van der Waals surface area contributed by atoms with E-state index in [0.717, 1.165) is 16.9 Å². The number of hydrogen-bond donors (Lipinski definition) is 1. The number of benzene rings is 1. The van der Waals surface area contributed by atoms with Gasteiger partial charge in [-0.25, -0.2) is 4.68 Å². The molecular weight excluding hydrogens is 348 g/mol. The molecule has 26 heavy (non-hydrogen) atoms. The maximum Gasteiger partial charge on any atom is 0.265 e. The van der Waals surface area contributed by atoms with Gasteiger partial charge in [-0.2, -0.15) is 5.10 Å². The molecule has 0 saturated carbocycles. The second-order valence-corrected chi connectivity index (χ2v) is 6.29. The fourth-order valence-corrected chi connectivity index (χ4v) is 3.00. The van der Waals surface area contributed by atoms with Crippen LogP contribution in [0.5, 0.6) is 0 Å². The van der Waals surface area contributed by atoms with E-state index in [0.29, 0.717) is 5.56 Å². The van der Waals surface area contributed by atoms with Gasteiger partial charge in [-0.15, -0.1) is 6.58 Å². The predicted molar refractivity (Wildman–Crippen MR) is 104 cm³/mol. The first-order valence-electron chi connectivity index (χ1n) is 8.04. The van der Waals surface area contributed by atoms with Crippen molar-refractivity contribution in [2.24, 2.45) is 0 Å². The van der Waals surface area contributed by atoms with Crippen LogP contribution in [0.1, 0.15) is 16.8 Å². The molecule has 2 amide bonds. The third-order valence-corrected chi connectivity index (χ3v) is 4.51. The SMILES string of the molecule is C=CCN1C(=O)C(=Cc2cnn(-c3ccccc3C)c2C)C(=O)NC1=S. The van der Waals surface area contributed by atoms with E-state index in [2.05, 4.69) is 17.0 Å². The Kier molecular flexibility index (Phi) is 4.81. The lowest BCUT2D eigenvalue weighted by Gasteiger charge is -2.27. The first-order chi connectivity index (χ1) is 12.4. The zero-order chi connectivity index (χ0) is 18.8. The lowest BCUT2D eigenvalue weighted by Crippen LogP contribution is -2.53. The van der Waals surface area contributed by atoms with Crippen molar-refractivity contribution >= 4 is 35.2 Å². The van der Waals surface area contributed by atoms with Crippen LogP contribution in [0, 0.1) is 13.8 Å². The summed E-state index contributed by atoms with van der Waals surface area (Å²) in [5.41, 5.74) is 3.57. The van der Waals surface area contributed by atoms with Gasteiger partial charge in [0.15, 0.2) is 5.11 Å². The third-order valence-electron chi connectivity index (χ3n) is 4.19. The highest BCUT2D eigenvalue weighted by Crippen LogP contribution is 2.21. The highest BCUT2D eigenvalue weighted by molar-refractivity contribution is 7.80. The molecule has 0 bridgehead atoms. The summed E-state index contributed by atoms with van der Waals surface area (Å²) in [5, 5.41) is 7.03. The number of thiocarbonyl (C=S) groups is 1. The summed E-state index contributed by atoms with van der Waals surface area (Å²) < 4.78 is 1.79. The molecule has 7 heteroatoms. The molecule has 2 heterocycles. The molecule has 1 fully saturated rings. The summed E-state index contributed by atoms with van der Waals surface area (Å²) in [5.74, 6) is -0.954. The van der Waals surface area contributed by atoms with Gasteiger partial charge in [-0.05, 0) is 43.8 Å². The Balaban J connectivity index is 2.01. The average Bonchev–Trinajstić information content (AvgIpc) is 2.96. The first-order valence-corrected chi connectivity index (χ1v) is 8.45. The number of nitrogens with one attached hydrogen (secondary N) is 1. The minimum atomic E-state index is -0.511. The van der Waals surface area contributed by atoms with Gasteiger partial charge in [0, 0.05) is 17.8 Å². The Hall–Kier alpha value is -3.06. The predicted octanol–water partition coefficient (Wildman–Crippen LogP) is 2.30. The summed E-state index contributed by atoms with van der Waals surface area (Å²) in [6.07, 6.45) is 4.74. The maximum atomic E-state index is 12.6. The van der Waals surface area contributed by atoms with Crippen molar-refractivity contribution in [3.05, 3.63) is 65.5 Å². The number of rotatable bonds is 4. The molecule has 0 aliphatic carbocycles. The van der Waals surface area contributed by atoms with Crippen molar-refractivity contribution < 1.29 is 9.59 Å². The van der Waals surface area contributed by atoms with Gasteiger partial charge in [-0.3, -0.25) is 19.8 Å². The monoisotopic (exact) mass is 366 g/mol. The van der Waals surface area contributed by atoms with E-state index in [1.807, 2.05) is 38.1 Å². The van der Waals surface area contributed by atoms with Crippen LogP contribution in [0.2, 0.25) is 0 Å². The fourth-order valence-electron chi connectivity index (χ4n) is 2.75. The molecule has 1 aromatic carbocycles. The number of carbonyl (C=O) groups is 2. The molecule has 0 spiro atoms. The number of nitrogens with zero attached hydrogens (tertiary/aromatic N) is 3. The molecule has 0 radical (unpaired) electrons. The van der Waals surface area contributed by atoms with E-state index in [9.17, 15) is 9.59 Å². The van der Waals surface area contributed by atoms with Gasteiger partial charge in [0.05, 0.1) is 11.9 Å². The summed E-state index contributed by atoms with van der Waals surface area (Å²) >= 11 is 5.05. The molecule has 0 unspecified atom stereocenters. The van der Waals surface area contributed by atoms with Crippen LogP contribution in [0.4, 0.5) is 0 Å². The highest BCUT2D eigenvalue weighted by Gasteiger charge is 2.32. The lowest BCUT2D eigenvalue weighted by molar-refractivity contribution is -0.128. The Morgan fingerprint density at radius 2 is 2.00 bits per heavy atom. The second-order valence-electron chi connectivity index (χ2n) is 5.91. The Morgan fingerprint density at radius 1 is 1.27 bits per heavy atom. The molecule has 1 aliphatic heterocycles. The molecule has 1 saturated heterocycles. The second kappa shape index (κ2) is 7.05. The van der Waals surface area contributed by atoms with E-state index in [1.165, 1.54) is 4.90 Å². The minimum absolute atomic E-state index is 0.0212. The van der Waals surface area contributed by atoms with Crippen LogP contribution in [-0.4, -0.2) is 38.2 Å². The zero-order valence-electron chi connectivity index (χ0n) is 14.5. The van der Waals surface area contributed by atoms with Crippen molar-refractivity contribution in [3.63, 3.8) is 0 Å². The van der Waals surface area contributed by atoms with E-state index < -0.39 is 11.8 Å². The van der Waals surface area contributed by atoms with Crippen molar-refractivity contribution in [2.75, 3.05) is 6.54 Å². The quantitative estimate of drug-likeness (QED) is 0.390. The number of carbonyl (C=O) groups excluding carboxylic acids is 2. The Morgan fingerprint density at radius 3 is 2.69 bits per heavy atom. The van der Waals surface area contributed by atoms with Gasteiger partial charge in [0.1, 0.15) is 5.57 Å². The standard InChI is InChI=1S/C19H18N4O2S/c1-4-9-22-18(25)15(17(24)21-19(22)26)10-14-11-20-23(13(14)3)16-8-6-5-7-12(16)2/h4-8,10-11H,1,9H2,2-3H3,(H,21,24,26). The van der Waals surface area contributed by atoms with Crippen molar-refractivity contribution in [1.82, 2.24) is 20.0 Å². The topological polar surface area (TPSA) is 67.2 Å². The van der Waals surface area contributed by atoms with Crippen molar-refractivity contribution in [3.8, 4) is 5.69 Å². The summed E-state index contributed by atoms with van der Waals surface area (Å²) in [6.45, 7) is 7.74. The van der Waals surface area contributed by atoms with Gasteiger partial charge in [-0.1, -0.05) is 24.3 Å². The highest BCUT2D eigenvalue weighted by atomic mass is 32.1. The number of hydrogen-bond acceptors (Lipinski definition) is 4. The van der Waals surface area contributed by atoms with Gasteiger partial charge < -0.3 is 0 Å². The van der Waals surface area contributed by atoms with E-state index >= 15 is 0 Å². The van der Waals surface area contributed by atoms with Crippen molar-refractivity contribution in [1.29, 1.82) is 0 Å². The van der Waals surface area contributed by atoms with Crippen LogP contribution >= 0.6 is 12.2 Å². The molecule has 6 nitrogen and oxygen atoms in total. The molecule has 3 rings (SSSR count). The van der Waals surface area contributed by atoms with E-state index in [4.69, 9.17) is 12.2 Å². The minimum Gasteiger partial charge on any atom is -0.298 e. The number of para-hydroxylation sites is 1. The van der Waals surface area contributed by atoms with E-state index in [-0.39, 0.29) is 17.2 Å². The largest absolute Gasteiger partial charge is 0.298 e. The third kappa shape index (κ3) is 3.09. The zero-order valence-corrected chi connectivity index (χ0v) is 15.3. The van der Waals surface area contributed by atoms with Gasteiger partial charge in [0.25, 0.3) is 11.8 Å². The van der Waals surface area contributed by atoms with Crippen LogP contribution in [0.15, 0.2) is 48.7 Å². The Bertz CT molecular complexity index is 958. The number of aromatic nitrogens is 2. The van der Waals surface area contributed by atoms with Crippen LogP contribution < -0.4 is 5.32 Å². The van der Waals surface area contributed by atoms with Crippen LogP contribution in [0.3, 0.4) is 0 Å². The summed E-state index contributed by atoms with van der Waals surface area (Å²) in [6, 6.07) is 7.87. The van der Waals surface area contributed by atoms with Gasteiger partial charge in [0.2, 0.25) is 0 Å². The number of aryl methyl sites for hydroxylation is 1. The average molecular weight is 366 g/mol. The maximum absolute atomic E-state index is 12.6. The fraction of sp³-hybridized carbons (Fsp3) is 0.158. The molecule has 1 N–H and O–H groups in total.